The monoisotopic (exact) mass is 359 g/mol. The number of carbonyl (C=O) groups is 1. The zero-order chi connectivity index (χ0) is 18.8. The summed E-state index contributed by atoms with van der Waals surface area (Å²) in [6, 6.07) is 7.44. The lowest BCUT2D eigenvalue weighted by atomic mass is 10.1. The Morgan fingerprint density at radius 1 is 1.36 bits per heavy atom. The average molecular weight is 359 g/mol. The van der Waals surface area contributed by atoms with Crippen LogP contribution in [-0.2, 0) is 4.79 Å². The lowest BCUT2D eigenvalue weighted by Crippen LogP contribution is -2.54. The molecule has 0 spiro atoms. The summed E-state index contributed by atoms with van der Waals surface area (Å²) in [5, 5.41) is 21.7. The minimum Gasteiger partial charge on any atom is -0.481 e. The fourth-order valence-corrected chi connectivity index (χ4v) is 2.16. The fourth-order valence-electron chi connectivity index (χ4n) is 2.16. The number of hydrogen-bond acceptors (Lipinski definition) is 5. The molecule has 25 heavy (non-hydrogen) atoms. The van der Waals surface area contributed by atoms with Crippen molar-refractivity contribution in [3.8, 4) is 11.8 Å². The minimum atomic E-state index is -3.50. The van der Waals surface area contributed by atoms with E-state index < -0.39 is 42.7 Å². The van der Waals surface area contributed by atoms with Crippen LogP contribution in [0.1, 0.15) is 18.9 Å². The molecule has 0 saturated carbocycles. The maximum absolute atomic E-state index is 13.1. The third-order valence-corrected chi connectivity index (χ3v) is 3.49. The van der Waals surface area contributed by atoms with Crippen LogP contribution in [0.5, 0.6) is 5.75 Å². The summed E-state index contributed by atoms with van der Waals surface area (Å²) in [4.78, 5) is 12.3. The van der Waals surface area contributed by atoms with Crippen molar-refractivity contribution >= 4 is 11.6 Å². The van der Waals surface area contributed by atoms with Gasteiger partial charge < -0.3 is 9.84 Å². The second-order valence-corrected chi connectivity index (χ2v) is 5.29. The Balaban J connectivity index is 2.19. The van der Waals surface area contributed by atoms with Crippen molar-refractivity contribution in [3.63, 3.8) is 0 Å². The number of nitriles is 1. The number of ether oxygens (including phenoxy) is 1. The summed E-state index contributed by atoms with van der Waals surface area (Å²) in [5.41, 5.74) is -3.82. The first kappa shape index (κ1) is 18.7. The SMILES string of the molecule is CC(Oc1ccc(C#N)cc1)C(=O)N1N=C(C(F)F)CC1(O)C(F)F. The van der Waals surface area contributed by atoms with Gasteiger partial charge in [-0.3, -0.25) is 4.79 Å². The van der Waals surface area contributed by atoms with Crippen molar-refractivity contribution in [3.05, 3.63) is 29.8 Å². The van der Waals surface area contributed by atoms with Crippen LogP contribution in [0.2, 0.25) is 0 Å². The van der Waals surface area contributed by atoms with E-state index in [9.17, 15) is 27.5 Å². The van der Waals surface area contributed by atoms with Crippen LogP contribution in [0.25, 0.3) is 0 Å². The Kier molecular flexibility index (Phi) is 5.27. The maximum atomic E-state index is 13.1. The van der Waals surface area contributed by atoms with Gasteiger partial charge in [0.05, 0.1) is 11.6 Å². The summed E-state index contributed by atoms with van der Waals surface area (Å²) in [6.07, 6.45) is -9.23. The van der Waals surface area contributed by atoms with Gasteiger partial charge in [0.2, 0.25) is 5.72 Å². The molecule has 10 heteroatoms. The summed E-state index contributed by atoms with van der Waals surface area (Å²) in [6.45, 7) is 1.20. The van der Waals surface area contributed by atoms with E-state index in [4.69, 9.17) is 10.00 Å². The minimum absolute atomic E-state index is 0.0481. The average Bonchev–Trinajstić information content (AvgIpc) is 2.94. The molecule has 0 fully saturated rings. The van der Waals surface area contributed by atoms with Crippen LogP contribution in [0, 0.1) is 11.3 Å². The van der Waals surface area contributed by atoms with Gasteiger partial charge in [-0.15, -0.1) is 0 Å². The van der Waals surface area contributed by atoms with Gasteiger partial charge in [-0.05, 0) is 31.2 Å². The third-order valence-electron chi connectivity index (χ3n) is 3.49. The zero-order valence-electron chi connectivity index (χ0n) is 12.9. The van der Waals surface area contributed by atoms with E-state index in [-0.39, 0.29) is 10.8 Å². The smallest absolute Gasteiger partial charge is 0.287 e. The summed E-state index contributed by atoms with van der Waals surface area (Å²) in [7, 11) is 0. The number of aliphatic hydroxyl groups is 1. The number of rotatable bonds is 5. The highest BCUT2D eigenvalue weighted by Gasteiger charge is 2.54. The summed E-state index contributed by atoms with van der Waals surface area (Å²) >= 11 is 0. The molecule has 1 aromatic rings. The molecule has 1 amide bonds. The van der Waals surface area contributed by atoms with Gasteiger partial charge >= 0.3 is 0 Å². The highest BCUT2D eigenvalue weighted by molar-refractivity contribution is 5.93. The molecular weight excluding hydrogens is 346 g/mol. The molecule has 1 aromatic carbocycles. The van der Waals surface area contributed by atoms with Crippen molar-refractivity contribution < 1.29 is 32.2 Å². The summed E-state index contributed by atoms with van der Waals surface area (Å²) < 4.78 is 56.9. The predicted molar refractivity (Wildman–Crippen MR) is 77.1 cm³/mol. The standard InChI is InChI=1S/C15H13F4N3O3/c1-8(25-10-4-2-9(7-20)3-5-10)13(23)22-15(24,14(18)19)6-11(21-22)12(16)17/h2-5,8,12,14,24H,6H2,1H3. The van der Waals surface area contributed by atoms with Crippen molar-refractivity contribution in [2.45, 2.75) is 38.0 Å². The number of carbonyl (C=O) groups excluding carboxylic acids is 1. The van der Waals surface area contributed by atoms with Crippen LogP contribution in [0.4, 0.5) is 17.6 Å². The van der Waals surface area contributed by atoms with E-state index in [2.05, 4.69) is 5.10 Å². The van der Waals surface area contributed by atoms with Gasteiger partial charge in [0.1, 0.15) is 11.5 Å². The van der Waals surface area contributed by atoms with E-state index in [1.165, 1.54) is 31.2 Å². The Labute approximate surface area is 139 Å². The molecule has 2 rings (SSSR count). The number of halogens is 4. The van der Waals surface area contributed by atoms with Gasteiger partial charge in [0.25, 0.3) is 18.8 Å². The Morgan fingerprint density at radius 2 is 1.96 bits per heavy atom. The quantitative estimate of drug-likeness (QED) is 0.816. The first-order chi connectivity index (χ1) is 11.7. The molecule has 2 atom stereocenters. The number of alkyl halides is 4. The molecule has 1 aliphatic heterocycles. The first-order valence-electron chi connectivity index (χ1n) is 7.06. The van der Waals surface area contributed by atoms with Crippen molar-refractivity contribution in [2.75, 3.05) is 0 Å². The Hall–Kier alpha value is -2.67. The normalized spacial score (nSPS) is 21.2. The molecule has 0 aliphatic carbocycles. The molecule has 6 nitrogen and oxygen atoms in total. The maximum Gasteiger partial charge on any atom is 0.287 e. The molecule has 1 aliphatic rings. The fraction of sp³-hybridized carbons (Fsp3) is 0.400. The first-order valence-corrected chi connectivity index (χ1v) is 7.06. The second-order valence-electron chi connectivity index (χ2n) is 5.29. The number of hydrazone groups is 1. The van der Waals surface area contributed by atoms with Crippen molar-refractivity contribution in [1.29, 1.82) is 5.26 Å². The number of hydrogen-bond donors (Lipinski definition) is 1. The highest BCUT2D eigenvalue weighted by Crippen LogP contribution is 2.33. The van der Waals surface area contributed by atoms with Gasteiger partial charge in [-0.2, -0.15) is 15.4 Å². The van der Waals surface area contributed by atoms with Crippen LogP contribution in [0.15, 0.2) is 29.4 Å². The Morgan fingerprint density at radius 3 is 2.44 bits per heavy atom. The predicted octanol–water partition coefficient (Wildman–Crippen LogP) is 2.13. The molecule has 2 unspecified atom stereocenters. The molecule has 0 radical (unpaired) electrons. The van der Waals surface area contributed by atoms with E-state index in [1.54, 1.807) is 0 Å². The van der Waals surface area contributed by atoms with Gasteiger partial charge in [-0.1, -0.05) is 0 Å². The van der Waals surface area contributed by atoms with Crippen LogP contribution in [-0.4, -0.2) is 46.4 Å². The molecule has 0 bridgehead atoms. The third kappa shape index (κ3) is 3.71. The highest BCUT2D eigenvalue weighted by atomic mass is 19.3. The van der Waals surface area contributed by atoms with Crippen LogP contribution >= 0.6 is 0 Å². The molecular formula is C15H13F4N3O3. The van der Waals surface area contributed by atoms with Crippen molar-refractivity contribution in [2.24, 2.45) is 5.10 Å². The van der Waals surface area contributed by atoms with Gasteiger partial charge in [-0.25, -0.2) is 17.6 Å². The van der Waals surface area contributed by atoms with E-state index >= 15 is 0 Å². The van der Waals surface area contributed by atoms with Gasteiger partial charge in [0.15, 0.2) is 6.10 Å². The Bertz CT molecular complexity index is 718. The van der Waals surface area contributed by atoms with Gasteiger partial charge in [0, 0.05) is 6.42 Å². The molecule has 1 N–H and O–H groups in total. The lowest BCUT2D eigenvalue weighted by Gasteiger charge is -2.31. The van der Waals surface area contributed by atoms with Crippen LogP contribution < -0.4 is 4.74 Å². The molecule has 134 valence electrons. The molecule has 0 aromatic heterocycles. The zero-order valence-corrected chi connectivity index (χ0v) is 12.9. The molecule has 0 saturated heterocycles. The lowest BCUT2D eigenvalue weighted by molar-refractivity contribution is -0.196. The number of amides is 1. The number of nitrogens with zero attached hydrogens (tertiary/aromatic N) is 3. The largest absolute Gasteiger partial charge is 0.481 e. The van der Waals surface area contributed by atoms with Crippen molar-refractivity contribution in [1.82, 2.24) is 5.01 Å². The molecule has 1 heterocycles. The van der Waals surface area contributed by atoms with E-state index in [0.29, 0.717) is 5.56 Å². The van der Waals surface area contributed by atoms with E-state index in [1.807, 2.05) is 6.07 Å². The van der Waals surface area contributed by atoms with Crippen LogP contribution in [0.3, 0.4) is 0 Å². The number of benzene rings is 1. The topological polar surface area (TPSA) is 85.9 Å². The summed E-state index contributed by atoms with van der Waals surface area (Å²) in [5.74, 6) is -1.06. The van der Waals surface area contributed by atoms with E-state index in [0.717, 1.165) is 0 Å². The second kappa shape index (κ2) is 7.06.